The van der Waals surface area contributed by atoms with Crippen molar-refractivity contribution in [2.75, 3.05) is 0 Å². The molecule has 2 rings (SSSR count). The van der Waals surface area contributed by atoms with Crippen molar-refractivity contribution in [3.8, 4) is 5.75 Å². The molecule has 0 saturated carbocycles. The van der Waals surface area contributed by atoms with Gasteiger partial charge in [0.2, 0.25) is 0 Å². The van der Waals surface area contributed by atoms with Gasteiger partial charge in [-0.05, 0) is 50.3 Å². The second kappa shape index (κ2) is 5.23. The number of carbonyl (C=O) groups is 1. The van der Waals surface area contributed by atoms with E-state index in [1.165, 1.54) is 6.07 Å². The van der Waals surface area contributed by atoms with Crippen LogP contribution < -0.4 is 4.74 Å². The summed E-state index contributed by atoms with van der Waals surface area (Å²) in [5.41, 5.74) is -0.0122. The lowest BCUT2D eigenvalue weighted by Gasteiger charge is -2.18. The van der Waals surface area contributed by atoms with E-state index in [1.54, 1.807) is 32.9 Å². The molecule has 0 bridgehead atoms. The van der Waals surface area contributed by atoms with E-state index in [0.29, 0.717) is 23.1 Å². The SMILES string of the molecule is CCc1c(F)ccc2cccc(OC(=O)C(C)(C)C)c12. The Morgan fingerprint density at radius 1 is 1.20 bits per heavy atom. The summed E-state index contributed by atoms with van der Waals surface area (Å²) >= 11 is 0. The second-order valence-corrected chi connectivity index (χ2v) is 5.87. The minimum Gasteiger partial charge on any atom is -0.425 e. The molecule has 20 heavy (non-hydrogen) atoms. The second-order valence-electron chi connectivity index (χ2n) is 5.87. The van der Waals surface area contributed by atoms with E-state index in [9.17, 15) is 9.18 Å². The lowest BCUT2D eigenvalue weighted by Crippen LogP contribution is -2.25. The van der Waals surface area contributed by atoms with Gasteiger partial charge in [0.25, 0.3) is 0 Å². The molecule has 0 spiro atoms. The van der Waals surface area contributed by atoms with Crippen molar-refractivity contribution in [1.29, 1.82) is 0 Å². The lowest BCUT2D eigenvalue weighted by molar-refractivity contribution is -0.142. The summed E-state index contributed by atoms with van der Waals surface area (Å²) in [7, 11) is 0. The fourth-order valence-electron chi connectivity index (χ4n) is 2.08. The average molecular weight is 274 g/mol. The molecule has 0 aliphatic heterocycles. The Balaban J connectivity index is 2.59. The number of fused-ring (bicyclic) bond motifs is 1. The molecule has 0 aromatic heterocycles. The molecular formula is C17H19FO2. The molecule has 0 atom stereocenters. The van der Waals surface area contributed by atoms with E-state index in [-0.39, 0.29) is 11.8 Å². The Labute approximate surface area is 118 Å². The zero-order valence-corrected chi connectivity index (χ0v) is 12.3. The van der Waals surface area contributed by atoms with Crippen LogP contribution in [0.1, 0.15) is 33.3 Å². The highest BCUT2D eigenvalue weighted by Crippen LogP contribution is 2.32. The number of carbonyl (C=O) groups excluding carboxylic acids is 1. The fraction of sp³-hybridized carbons (Fsp3) is 0.353. The normalized spacial score (nSPS) is 11.7. The zero-order chi connectivity index (χ0) is 14.9. The molecule has 2 aromatic carbocycles. The van der Waals surface area contributed by atoms with Crippen molar-refractivity contribution in [2.24, 2.45) is 5.41 Å². The molecule has 0 amide bonds. The molecular weight excluding hydrogens is 255 g/mol. The fourth-order valence-corrected chi connectivity index (χ4v) is 2.08. The van der Waals surface area contributed by atoms with E-state index in [2.05, 4.69) is 0 Å². The number of rotatable bonds is 2. The van der Waals surface area contributed by atoms with Crippen LogP contribution in [0.4, 0.5) is 4.39 Å². The number of halogens is 1. The molecule has 2 aromatic rings. The summed E-state index contributed by atoms with van der Waals surface area (Å²) in [6.45, 7) is 7.27. The van der Waals surface area contributed by atoms with Crippen LogP contribution in [0.25, 0.3) is 10.8 Å². The molecule has 0 N–H and O–H groups in total. The van der Waals surface area contributed by atoms with Gasteiger partial charge in [-0.1, -0.05) is 25.1 Å². The van der Waals surface area contributed by atoms with Gasteiger partial charge in [0.1, 0.15) is 11.6 Å². The van der Waals surface area contributed by atoms with E-state index >= 15 is 0 Å². The molecule has 0 radical (unpaired) electrons. The molecule has 3 heteroatoms. The van der Waals surface area contributed by atoms with Crippen LogP contribution >= 0.6 is 0 Å². The zero-order valence-electron chi connectivity index (χ0n) is 12.3. The van der Waals surface area contributed by atoms with Gasteiger partial charge < -0.3 is 4.74 Å². The van der Waals surface area contributed by atoms with Crippen molar-refractivity contribution in [3.05, 3.63) is 41.7 Å². The van der Waals surface area contributed by atoms with Crippen LogP contribution in [-0.4, -0.2) is 5.97 Å². The molecule has 0 unspecified atom stereocenters. The van der Waals surface area contributed by atoms with Gasteiger partial charge in [0.15, 0.2) is 0 Å². The van der Waals surface area contributed by atoms with Crippen LogP contribution in [0.3, 0.4) is 0 Å². The number of aryl methyl sites for hydroxylation is 1. The van der Waals surface area contributed by atoms with Gasteiger partial charge in [-0.25, -0.2) is 4.39 Å². The largest absolute Gasteiger partial charge is 0.425 e. The smallest absolute Gasteiger partial charge is 0.316 e. The average Bonchev–Trinajstić information content (AvgIpc) is 2.38. The standard InChI is InChI=1S/C17H19FO2/c1-5-12-13(18)10-9-11-7-6-8-14(15(11)12)20-16(19)17(2,3)4/h6-10H,5H2,1-4H3. The number of hydrogen-bond donors (Lipinski definition) is 0. The first kappa shape index (κ1) is 14.5. The number of hydrogen-bond acceptors (Lipinski definition) is 2. The number of ether oxygens (including phenoxy) is 1. The highest BCUT2D eigenvalue weighted by Gasteiger charge is 2.24. The van der Waals surface area contributed by atoms with Crippen LogP contribution in [0.2, 0.25) is 0 Å². The van der Waals surface area contributed by atoms with Gasteiger partial charge in [-0.2, -0.15) is 0 Å². The van der Waals surface area contributed by atoms with E-state index in [1.807, 2.05) is 19.1 Å². The van der Waals surface area contributed by atoms with Crippen molar-refractivity contribution in [2.45, 2.75) is 34.1 Å². The van der Waals surface area contributed by atoms with Crippen LogP contribution in [0, 0.1) is 11.2 Å². The molecule has 0 aliphatic rings. The first-order chi connectivity index (χ1) is 9.34. The van der Waals surface area contributed by atoms with Crippen LogP contribution in [0.5, 0.6) is 5.75 Å². The summed E-state index contributed by atoms with van der Waals surface area (Å²) in [6.07, 6.45) is 0.549. The van der Waals surface area contributed by atoms with E-state index in [4.69, 9.17) is 4.74 Å². The highest BCUT2D eigenvalue weighted by molar-refractivity contribution is 5.93. The summed E-state index contributed by atoms with van der Waals surface area (Å²) in [6, 6.07) is 8.58. The highest BCUT2D eigenvalue weighted by atomic mass is 19.1. The molecule has 0 saturated heterocycles. The molecule has 0 heterocycles. The van der Waals surface area contributed by atoms with Crippen LogP contribution in [-0.2, 0) is 11.2 Å². The molecule has 0 aliphatic carbocycles. The summed E-state index contributed by atoms with van der Waals surface area (Å²) in [5.74, 6) is -0.158. The number of esters is 1. The van der Waals surface area contributed by atoms with Crippen LogP contribution in [0.15, 0.2) is 30.3 Å². The maximum Gasteiger partial charge on any atom is 0.316 e. The van der Waals surface area contributed by atoms with E-state index < -0.39 is 5.41 Å². The Morgan fingerprint density at radius 3 is 2.50 bits per heavy atom. The third-order valence-corrected chi connectivity index (χ3v) is 3.23. The lowest BCUT2D eigenvalue weighted by atomic mass is 9.97. The minimum atomic E-state index is -0.595. The monoisotopic (exact) mass is 274 g/mol. The van der Waals surface area contributed by atoms with Gasteiger partial charge in [-0.3, -0.25) is 4.79 Å². The van der Waals surface area contributed by atoms with Crippen molar-refractivity contribution >= 4 is 16.7 Å². The third-order valence-electron chi connectivity index (χ3n) is 3.23. The van der Waals surface area contributed by atoms with Gasteiger partial charge in [0.05, 0.1) is 5.41 Å². The summed E-state index contributed by atoms with van der Waals surface area (Å²) in [4.78, 5) is 12.0. The maximum atomic E-state index is 13.9. The molecule has 106 valence electrons. The predicted molar refractivity (Wildman–Crippen MR) is 78.4 cm³/mol. The topological polar surface area (TPSA) is 26.3 Å². The van der Waals surface area contributed by atoms with Gasteiger partial charge in [-0.15, -0.1) is 0 Å². The Hall–Kier alpha value is -1.90. The van der Waals surface area contributed by atoms with Gasteiger partial charge in [0, 0.05) is 5.39 Å². The van der Waals surface area contributed by atoms with Crippen molar-refractivity contribution < 1.29 is 13.9 Å². The quantitative estimate of drug-likeness (QED) is 0.595. The minimum absolute atomic E-state index is 0.265. The van der Waals surface area contributed by atoms with Gasteiger partial charge >= 0.3 is 5.97 Å². The van der Waals surface area contributed by atoms with Crippen molar-refractivity contribution in [3.63, 3.8) is 0 Å². The van der Waals surface area contributed by atoms with Crippen molar-refractivity contribution in [1.82, 2.24) is 0 Å². The summed E-state index contributed by atoms with van der Waals surface area (Å²) in [5, 5.41) is 1.56. The third kappa shape index (κ3) is 2.67. The Morgan fingerprint density at radius 2 is 1.90 bits per heavy atom. The molecule has 2 nitrogen and oxygen atoms in total. The maximum absolute atomic E-state index is 13.9. The van der Waals surface area contributed by atoms with E-state index in [0.717, 1.165) is 5.39 Å². The first-order valence-electron chi connectivity index (χ1n) is 6.77. The Bertz CT molecular complexity index is 654. The predicted octanol–water partition coefficient (Wildman–Crippen LogP) is 4.49. The number of benzene rings is 2. The molecule has 0 fully saturated rings. The first-order valence-corrected chi connectivity index (χ1v) is 6.77. The Kier molecular flexibility index (Phi) is 3.80. The summed E-state index contributed by atoms with van der Waals surface area (Å²) < 4.78 is 19.4.